The molecule has 1 aromatic carbocycles. The van der Waals surface area contributed by atoms with Crippen LogP contribution in [0.4, 0.5) is 0 Å². The van der Waals surface area contributed by atoms with Gasteiger partial charge in [-0.25, -0.2) is 8.42 Å². The highest BCUT2D eigenvalue weighted by Gasteiger charge is 2.29. The molecule has 0 saturated heterocycles. The number of amides is 1. The van der Waals surface area contributed by atoms with Crippen LogP contribution in [-0.4, -0.2) is 29.8 Å². The summed E-state index contributed by atoms with van der Waals surface area (Å²) in [7, 11) is -3.69. The van der Waals surface area contributed by atoms with Crippen LogP contribution in [0.1, 0.15) is 41.0 Å². The Morgan fingerprint density at radius 2 is 1.89 bits per heavy atom. The Hall–Kier alpha value is -2.52. The van der Waals surface area contributed by atoms with Gasteiger partial charge in [-0.05, 0) is 30.9 Å². The van der Waals surface area contributed by atoms with E-state index in [1.165, 1.54) is 11.3 Å². The molecule has 3 rings (SSSR count). The van der Waals surface area contributed by atoms with Gasteiger partial charge < -0.3 is 9.73 Å². The monoisotopic (exact) mass is 405 g/mol. The molecular formula is C18H19N3O4S2. The van der Waals surface area contributed by atoms with Crippen LogP contribution in [0, 0.1) is 0 Å². The quantitative estimate of drug-likeness (QED) is 0.648. The van der Waals surface area contributed by atoms with Crippen molar-refractivity contribution >= 4 is 27.1 Å². The third kappa shape index (κ3) is 4.42. The molecule has 2 heterocycles. The molecule has 9 heteroatoms. The largest absolute Gasteiger partial charge is 0.410 e. The lowest BCUT2D eigenvalue weighted by Gasteiger charge is -2.15. The topological polar surface area (TPSA) is 102 Å². The molecule has 0 fully saturated rings. The van der Waals surface area contributed by atoms with Gasteiger partial charge in [0.25, 0.3) is 5.91 Å². The molecular weight excluding hydrogens is 386 g/mol. The van der Waals surface area contributed by atoms with Crippen molar-refractivity contribution in [3.63, 3.8) is 0 Å². The molecule has 0 saturated carbocycles. The van der Waals surface area contributed by atoms with Gasteiger partial charge in [0.1, 0.15) is 6.04 Å². The fourth-order valence-electron chi connectivity index (χ4n) is 2.36. The smallest absolute Gasteiger partial charge is 0.335 e. The molecule has 0 spiro atoms. The molecule has 1 amide bonds. The van der Waals surface area contributed by atoms with Crippen molar-refractivity contribution in [3.05, 3.63) is 64.2 Å². The minimum Gasteiger partial charge on any atom is -0.410 e. The van der Waals surface area contributed by atoms with Gasteiger partial charge >= 0.3 is 5.22 Å². The summed E-state index contributed by atoms with van der Waals surface area (Å²) < 4.78 is 29.9. The van der Waals surface area contributed by atoms with Crippen molar-refractivity contribution in [2.24, 2.45) is 0 Å². The second-order valence-electron chi connectivity index (χ2n) is 6.19. The molecule has 0 aliphatic heterocycles. The van der Waals surface area contributed by atoms with E-state index in [-0.39, 0.29) is 11.8 Å². The van der Waals surface area contributed by atoms with Crippen LogP contribution in [0.2, 0.25) is 0 Å². The number of rotatable bonds is 7. The highest BCUT2D eigenvalue weighted by molar-refractivity contribution is 7.91. The summed E-state index contributed by atoms with van der Waals surface area (Å²) in [5.41, 5.74) is 0.945. The van der Waals surface area contributed by atoms with Gasteiger partial charge in [-0.2, -0.15) is 0 Å². The molecule has 3 aromatic rings. The van der Waals surface area contributed by atoms with E-state index in [1.54, 1.807) is 31.4 Å². The average Bonchev–Trinajstić information content (AvgIpc) is 3.34. The van der Waals surface area contributed by atoms with Gasteiger partial charge in [0, 0.05) is 6.42 Å². The maximum absolute atomic E-state index is 12.5. The molecule has 1 N–H and O–H groups in total. The maximum atomic E-state index is 12.5. The van der Waals surface area contributed by atoms with Crippen molar-refractivity contribution in [1.82, 2.24) is 15.5 Å². The number of thiophene rings is 1. The Labute approximate surface area is 161 Å². The van der Waals surface area contributed by atoms with Gasteiger partial charge in [0.05, 0.1) is 10.1 Å². The minimum absolute atomic E-state index is 0.0583. The number of sulfone groups is 1. The summed E-state index contributed by atoms with van der Waals surface area (Å²) in [6, 6.07) is 12.3. The van der Waals surface area contributed by atoms with Gasteiger partial charge in [-0.3, -0.25) is 4.79 Å². The number of nitrogens with one attached hydrogen (secondary N) is 1. The van der Waals surface area contributed by atoms with E-state index < -0.39 is 26.4 Å². The molecule has 0 bridgehead atoms. The third-order valence-electron chi connectivity index (χ3n) is 3.92. The van der Waals surface area contributed by atoms with Crippen LogP contribution in [0.25, 0.3) is 0 Å². The standard InChI is InChI=1S/C18H19N3O4S2/c1-12(2)27(23,24)18-21-20-17(25-18)14(11-13-7-4-3-5-8-13)19-16(22)15-9-6-10-26-15/h3-10,12,14H,11H2,1-2H3,(H,19,22)/t14-/m0/s1. The number of nitrogens with zero attached hydrogens (tertiary/aromatic N) is 2. The summed E-state index contributed by atoms with van der Waals surface area (Å²) in [6.45, 7) is 3.08. The van der Waals surface area contributed by atoms with Crippen LogP contribution < -0.4 is 5.32 Å². The Morgan fingerprint density at radius 3 is 2.52 bits per heavy atom. The maximum Gasteiger partial charge on any atom is 0.335 e. The molecule has 27 heavy (non-hydrogen) atoms. The van der Waals surface area contributed by atoms with Crippen LogP contribution >= 0.6 is 11.3 Å². The van der Waals surface area contributed by atoms with E-state index >= 15 is 0 Å². The van der Waals surface area contributed by atoms with Crippen LogP contribution in [0.5, 0.6) is 0 Å². The number of hydrogen-bond acceptors (Lipinski definition) is 7. The fourth-order valence-corrected chi connectivity index (χ4v) is 3.75. The highest BCUT2D eigenvalue weighted by Crippen LogP contribution is 2.22. The summed E-state index contributed by atoms with van der Waals surface area (Å²) in [5.74, 6) is -0.222. The summed E-state index contributed by atoms with van der Waals surface area (Å²) >= 11 is 1.31. The number of aromatic nitrogens is 2. The van der Waals surface area contributed by atoms with Gasteiger partial charge in [-0.15, -0.1) is 16.4 Å². The zero-order valence-electron chi connectivity index (χ0n) is 14.8. The van der Waals surface area contributed by atoms with Crippen molar-refractivity contribution in [2.75, 3.05) is 0 Å². The molecule has 7 nitrogen and oxygen atoms in total. The first-order chi connectivity index (χ1) is 12.9. The van der Waals surface area contributed by atoms with Gasteiger partial charge in [-0.1, -0.05) is 41.5 Å². The Bertz CT molecular complexity index is 996. The summed E-state index contributed by atoms with van der Waals surface area (Å²) in [6.07, 6.45) is 0.390. The van der Waals surface area contributed by atoms with Crippen molar-refractivity contribution in [3.8, 4) is 0 Å². The molecule has 2 aromatic heterocycles. The fraction of sp³-hybridized carbons (Fsp3) is 0.278. The number of benzene rings is 1. The van der Waals surface area contributed by atoms with Crippen LogP contribution in [0.15, 0.2) is 57.5 Å². The molecule has 1 atom stereocenters. The number of hydrogen-bond donors (Lipinski definition) is 1. The van der Waals surface area contributed by atoms with Crippen molar-refractivity contribution < 1.29 is 17.6 Å². The number of carbonyl (C=O) groups is 1. The third-order valence-corrected chi connectivity index (χ3v) is 6.68. The predicted molar refractivity (Wildman–Crippen MR) is 101 cm³/mol. The van der Waals surface area contributed by atoms with E-state index in [9.17, 15) is 13.2 Å². The summed E-state index contributed by atoms with van der Waals surface area (Å²) in [4.78, 5) is 13.0. The van der Waals surface area contributed by atoms with Gasteiger partial charge in [0.15, 0.2) is 0 Å². The van der Waals surface area contributed by atoms with E-state index in [4.69, 9.17) is 4.42 Å². The molecule has 142 valence electrons. The zero-order chi connectivity index (χ0) is 19.4. The lowest BCUT2D eigenvalue weighted by Crippen LogP contribution is -2.29. The van der Waals surface area contributed by atoms with Gasteiger partial charge in [0.2, 0.25) is 15.7 Å². The lowest BCUT2D eigenvalue weighted by atomic mass is 10.1. The Balaban J connectivity index is 1.90. The Morgan fingerprint density at radius 1 is 1.15 bits per heavy atom. The van der Waals surface area contributed by atoms with E-state index in [1.807, 2.05) is 30.3 Å². The predicted octanol–water partition coefficient (Wildman–Crippen LogP) is 3.03. The van der Waals surface area contributed by atoms with E-state index in [2.05, 4.69) is 15.5 Å². The molecule has 0 aliphatic carbocycles. The first-order valence-corrected chi connectivity index (χ1v) is 10.8. The van der Waals surface area contributed by atoms with Crippen molar-refractivity contribution in [1.29, 1.82) is 0 Å². The van der Waals surface area contributed by atoms with Crippen molar-refractivity contribution in [2.45, 2.75) is 36.8 Å². The normalized spacial score (nSPS) is 12.9. The zero-order valence-corrected chi connectivity index (χ0v) is 16.5. The van der Waals surface area contributed by atoms with Crippen LogP contribution in [0.3, 0.4) is 0 Å². The Kier molecular flexibility index (Phi) is 5.71. The minimum atomic E-state index is -3.69. The first-order valence-electron chi connectivity index (χ1n) is 8.33. The molecule has 0 aliphatic rings. The second kappa shape index (κ2) is 8.01. The second-order valence-corrected chi connectivity index (χ2v) is 9.52. The molecule has 0 unspecified atom stereocenters. The van der Waals surface area contributed by atoms with E-state index in [0.717, 1.165) is 5.56 Å². The first kappa shape index (κ1) is 19.2. The average molecular weight is 406 g/mol. The lowest BCUT2D eigenvalue weighted by molar-refractivity contribution is 0.0933. The van der Waals surface area contributed by atoms with E-state index in [0.29, 0.717) is 11.3 Å². The summed E-state index contributed by atoms with van der Waals surface area (Å²) in [5, 5.41) is 11.1. The molecule has 0 radical (unpaired) electrons. The SMILES string of the molecule is CC(C)S(=O)(=O)c1nnc([C@H](Cc2ccccc2)NC(=O)c2cccs2)o1. The van der Waals surface area contributed by atoms with Crippen LogP contribution in [-0.2, 0) is 16.3 Å². The number of carbonyl (C=O) groups excluding carboxylic acids is 1. The highest BCUT2D eigenvalue weighted by atomic mass is 32.2.